The molecule has 3 N–H and O–H groups in total. The van der Waals surface area contributed by atoms with Crippen molar-refractivity contribution < 1.29 is 28.6 Å². The number of nitrogens with two attached hydrogens (primary N) is 1. The summed E-state index contributed by atoms with van der Waals surface area (Å²) in [6, 6.07) is 15.9. The van der Waals surface area contributed by atoms with Crippen molar-refractivity contribution in [3.8, 4) is 11.1 Å². The smallest absolute Gasteiger partial charge is 0.407 e. The number of esters is 2. The molecule has 0 aliphatic heterocycles. The Hall–Kier alpha value is -3.39. The SMILES string of the molecule is COC(=O)[C@@](N)(CNC(=O)OCC1c2ccccc2-c2ccccc21)C(=O)OC(C)(C)C. The summed E-state index contributed by atoms with van der Waals surface area (Å²) in [5, 5.41) is 2.39. The van der Waals surface area contributed by atoms with Gasteiger partial charge in [-0.05, 0) is 43.0 Å². The van der Waals surface area contributed by atoms with Crippen LogP contribution in [0, 0.1) is 0 Å². The number of hydrogen-bond acceptors (Lipinski definition) is 7. The monoisotopic (exact) mass is 440 g/mol. The van der Waals surface area contributed by atoms with E-state index in [4.69, 9.17) is 15.2 Å². The second-order valence-electron chi connectivity index (χ2n) is 8.64. The van der Waals surface area contributed by atoms with Gasteiger partial charge in [0.05, 0.1) is 13.7 Å². The second-order valence-corrected chi connectivity index (χ2v) is 8.64. The quantitative estimate of drug-likeness (QED) is 0.403. The van der Waals surface area contributed by atoms with Gasteiger partial charge in [-0.2, -0.15) is 0 Å². The third-order valence-electron chi connectivity index (χ3n) is 5.17. The molecular weight excluding hydrogens is 412 g/mol. The van der Waals surface area contributed by atoms with E-state index in [1.54, 1.807) is 20.8 Å². The predicted molar refractivity (Wildman–Crippen MR) is 118 cm³/mol. The molecule has 0 saturated carbocycles. The molecule has 0 heterocycles. The van der Waals surface area contributed by atoms with Crippen LogP contribution in [0.15, 0.2) is 48.5 Å². The van der Waals surface area contributed by atoms with Gasteiger partial charge in [0, 0.05) is 5.92 Å². The van der Waals surface area contributed by atoms with Crippen LogP contribution in [0.25, 0.3) is 11.1 Å². The molecule has 170 valence electrons. The molecule has 0 radical (unpaired) electrons. The van der Waals surface area contributed by atoms with Gasteiger partial charge in [0.1, 0.15) is 12.2 Å². The average molecular weight is 440 g/mol. The van der Waals surface area contributed by atoms with Crippen LogP contribution in [0.2, 0.25) is 0 Å². The van der Waals surface area contributed by atoms with Crippen LogP contribution in [0.4, 0.5) is 4.79 Å². The molecule has 8 nitrogen and oxygen atoms in total. The highest BCUT2D eigenvalue weighted by atomic mass is 16.6. The lowest BCUT2D eigenvalue weighted by Gasteiger charge is -2.29. The van der Waals surface area contributed by atoms with E-state index in [1.807, 2.05) is 48.5 Å². The first-order chi connectivity index (χ1) is 15.1. The van der Waals surface area contributed by atoms with Gasteiger partial charge in [-0.1, -0.05) is 48.5 Å². The van der Waals surface area contributed by atoms with Crippen molar-refractivity contribution in [2.75, 3.05) is 20.3 Å². The minimum atomic E-state index is -2.20. The zero-order valence-electron chi connectivity index (χ0n) is 18.6. The van der Waals surface area contributed by atoms with Gasteiger partial charge in [0.2, 0.25) is 5.54 Å². The Bertz CT molecular complexity index is 984. The summed E-state index contributed by atoms with van der Waals surface area (Å²) in [7, 11) is 1.10. The Labute approximate surface area is 187 Å². The molecule has 1 amide bonds. The molecule has 3 rings (SSSR count). The van der Waals surface area contributed by atoms with E-state index in [0.29, 0.717) is 0 Å². The zero-order chi connectivity index (χ0) is 23.5. The molecule has 1 aliphatic rings. The Morgan fingerprint density at radius 3 is 1.97 bits per heavy atom. The van der Waals surface area contributed by atoms with Crippen molar-refractivity contribution in [3.05, 3.63) is 59.7 Å². The first-order valence-electron chi connectivity index (χ1n) is 10.3. The number of fused-ring (bicyclic) bond motifs is 3. The fourth-order valence-corrected chi connectivity index (χ4v) is 3.64. The van der Waals surface area contributed by atoms with Gasteiger partial charge in [-0.15, -0.1) is 0 Å². The topological polar surface area (TPSA) is 117 Å². The van der Waals surface area contributed by atoms with Crippen LogP contribution in [0.5, 0.6) is 0 Å². The van der Waals surface area contributed by atoms with Crippen molar-refractivity contribution >= 4 is 18.0 Å². The highest BCUT2D eigenvalue weighted by Crippen LogP contribution is 2.44. The van der Waals surface area contributed by atoms with Crippen molar-refractivity contribution in [2.45, 2.75) is 37.8 Å². The van der Waals surface area contributed by atoms with E-state index in [1.165, 1.54) is 0 Å². The number of ether oxygens (including phenoxy) is 3. The Balaban J connectivity index is 1.67. The normalized spacial score (nSPS) is 14.5. The molecule has 0 unspecified atom stereocenters. The molecule has 0 spiro atoms. The molecule has 1 atom stereocenters. The Morgan fingerprint density at radius 1 is 0.938 bits per heavy atom. The highest BCUT2D eigenvalue weighted by molar-refractivity contribution is 6.05. The fourth-order valence-electron chi connectivity index (χ4n) is 3.64. The molecule has 32 heavy (non-hydrogen) atoms. The zero-order valence-corrected chi connectivity index (χ0v) is 18.6. The molecule has 8 heteroatoms. The number of amides is 1. The van der Waals surface area contributed by atoms with E-state index in [9.17, 15) is 14.4 Å². The number of carbonyl (C=O) groups is 3. The average Bonchev–Trinajstić information content (AvgIpc) is 3.08. The predicted octanol–water partition coefficient (Wildman–Crippen LogP) is 2.74. The summed E-state index contributed by atoms with van der Waals surface area (Å²) in [5.41, 5.74) is 7.25. The van der Waals surface area contributed by atoms with Crippen LogP contribution >= 0.6 is 0 Å². The molecule has 0 aromatic heterocycles. The summed E-state index contributed by atoms with van der Waals surface area (Å²) in [4.78, 5) is 37.1. The molecule has 2 aromatic carbocycles. The lowest BCUT2D eigenvalue weighted by atomic mass is 9.98. The maximum Gasteiger partial charge on any atom is 0.407 e. The number of hydrogen-bond donors (Lipinski definition) is 2. The third-order valence-corrected chi connectivity index (χ3v) is 5.17. The van der Waals surface area contributed by atoms with Gasteiger partial charge in [-0.25, -0.2) is 14.4 Å². The molecule has 2 aromatic rings. The third kappa shape index (κ3) is 4.75. The standard InChI is InChI=1S/C24H28N2O6/c1-23(2,3)32-21(28)24(25,20(27)30-4)14-26-22(29)31-13-19-17-11-7-5-9-15(17)16-10-6-8-12-18(16)19/h5-12,19H,13-14,25H2,1-4H3,(H,26,29)/t24-/m0/s1. The highest BCUT2D eigenvalue weighted by Gasteiger charge is 2.47. The van der Waals surface area contributed by atoms with Crippen LogP contribution in [0.1, 0.15) is 37.8 Å². The number of nitrogens with one attached hydrogen (secondary N) is 1. The molecule has 0 bridgehead atoms. The van der Waals surface area contributed by atoms with Crippen LogP contribution in [-0.4, -0.2) is 49.4 Å². The number of carbonyl (C=O) groups excluding carboxylic acids is 3. The Kier molecular flexibility index (Phi) is 6.55. The second kappa shape index (κ2) is 9.00. The van der Waals surface area contributed by atoms with Crippen molar-refractivity contribution in [1.29, 1.82) is 0 Å². The summed E-state index contributed by atoms with van der Waals surface area (Å²) < 4.78 is 15.3. The number of benzene rings is 2. The molecule has 0 fully saturated rings. The first-order valence-corrected chi connectivity index (χ1v) is 10.3. The van der Waals surface area contributed by atoms with Crippen molar-refractivity contribution in [2.24, 2.45) is 5.73 Å². The van der Waals surface area contributed by atoms with E-state index in [-0.39, 0.29) is 12.5 Å². The largest absolute Gasteiger partial charge is 0.467 e. The van der Waals surface area contributed by atoms with Gasteiger partial charge in [0.25, 0.3) is 0 Å². The van der Waals surface area contributed by atoms with Crippen molar-refractivity contribution in [3.63, 3.8) is 0 Å². The molecule has 1 aliphatic carbocycles. The van der Waals surface area contributed by atoms with E-state index in [0.717, 1.165) is 29.4 Å². The van der Waals surface area contributed by atoms with Gasteiger partial charge < -0.3 is 25.3 Å². The van der Waals surface area contributed by atoms with Crippen LogP contribution in [0.3, 0.4) is 0 Å². The van der Waals surface area contributed by atoms with Gasteiger partial charge in [-0.3, -0.25) is 0 Å². The summed E-state index contributed by atoms with van der Waals surface area (Å²) in [6.45, 7) is 4.47. The van der Waals surface area contributed by atoms with Crippen LogP contribution < -0.4 is 11.1 Å². The van der Waals surface area contributed by atoms with Crippen molar-refractivity contribution in [1.82, 2.24) is 5.32 Å². The maximum absolute atomic E-state index is 12.5. The molecular formula is C24H28N2O6. The van der Waals surface area contributed by atoms with E-state index in [2.05, 4.69) is 10.1 Å². The minimum absolute atomic E-state index is 0.0854. The number of rotatable bonds is 6. The first kappa shape index (κ1) is 23.3. The minimum Gasteiger partial charge on any atom is -0.467 e. The van der Waals surface area contributed by atoms with Crippen LogP contribution in [-0.2, 0) is 23.8 Å². The van der Waals surface area contributed by atoms with Gasteiger partial charge >= 0.3 is 18.0 Å². The lowest BCUT2D eigenvalue weighted by Crippen LogP contribution is -2.63. The summed E-state index contributed by atoms with van der Waals surface area (Å²) >= 11 is 0. The van der Waals surface area contributed by atoms with Gasteiger partial charge in [0.15, 0.2) is 0 Å². The summed E-state index contributed by atoms with van der Waals surface area (Å²) in [5.74, 6) is -2.15. The fraction of sp³-hybridized carbons (Fsp3) is 0.375. The van der Waals surface area contributed by atoms with E-state index < -0.39 is 35.7 Å². The lowest BCUT2D eigenvalue weighted by molar-refractivity contribution is -0.170. The molecule has 0 saturated heterocycles. The Morgan fingerprint density at radius 2 is 1.47 bits per heavy atom. The maximum atomic E-state index is 12.5. The number of alkyl carbamates (subject to hydrolysis) is 1. The van der Waals surface area contributed by atoms with E-state index >= 15 is 0 Å². The summed E-state index contributed by atoms with van der Waals surface area (Å²) in [6.07, 6.45) is -0.811. The number of methoxy groups -OCH3 is 1.